The fourth-order valence-electron chi connectivity index (χ4n) is 0.747. The Kier molecular flexibility index (Phi) is 4.26. The summed E-state index contributed by atoms with van der Waals surface area (Å²) in [6.45, 7) is -3.22. The van der Waals surface area contributed by atoms with E-state index in [-0.39, 0.29) is 0 Å². The first-order valence-corrected chi connectivity index (χ1v) is 6.40. The highest BCUT2D eigenvalue weighted by Crippen LogP contribution is 2.48. The first-order valence-electron chi connectivity index (χ1n) is 3.84. The van der Waals surface area contributed by atoms with Crippen LogP contribution in [-0.4, -0.2) is 19.2 Å². The Morgan fingerprint density at radius 2 is 1.75 bits per heavy atom. The minimum absolute atomic E-state index is 0.294. The molecule has 90 valence electrons. The number of nitrogens with zero attached hydrogens (tertiary/aromatic N) is 1. The highest BCUT2D eigenvalue weighted by molar-refractivity contribution is 8.07. The Bertz CT molecular complexity index is 437. The predicted octanol–water partition coefficient (Wildman–Crippen LogP) is 2.40. The molecular formula is C7H7F3NO3PS. The molecule has 0 bridgehead atoms. The monoisotopic (exact) mass is 273 g/mol. The molecule has 1 aromatic rings. The summed E-state index contributed by atoms with van der Waals surface area (Å²) in [4.78, 5) is 2.92. The Hall–Kier alpha value is -0.690. The van der Waals surface area contributed by atoms with Crippen molar-refractivity contribution in [2.24, 2.45) is 0 Å². The third-order valence-corrected chi connectivity index (χ3v) is 3.91. The Balaban J connectivity index is 3.06. The van der Waals surface area contributed by atoms with Crippen molar-refractivity contribution in [3.05, 3.63) is 23.6 Å². The number of hydrogen-bond donors (Lipinski definition) is 0. The Labute approximate surface area is 94.6 Å². The van der Waals surface area contributed by atoms with Crippen LogP contribution in [-0.2, 0) is 20.9 Å². The van der Waals surface area contributed by atoms with Gasteiger partial charge in [0.25, 0.3) is 11.8 Å². The zero-order valence-electron chi connectivity index (χ0n) is 8.24. The molecule has 16 heavy (non-hydrogen) atoms. The number of pyridine rings is 1. The van der Waals surface area contributed by atoms with Crippen LogP contribution in [0.1, 0.15) is 0 Å². The molecule has 0 aliphatic heterocycles. The molecule has 1 heterocycles. The van der Waals surface area contributed by atoms with Crippen molar-refractivity contribution in [2.75, 3.05) is 14.2 Å². The summed E-state index contributed by atoms with van der Waals surface area (Å²) in [6.07, 6.45) is 0. The van der Waals surface area contributed by atoms with E-state index in [0.717, 1.165) is 0 Å². The van der Waals surface area contributed by atoms with Gasteiger partial charge in [0.15, 0.2) is 11.6 Å². The van der Waals surface area contributed by atoms with E-state index >= 15 is 0 Å². The van der Waals surface area contributed by atoms with E-state index in [9.17, 15) is 13.2 Å². The lowest BCUT2D eigenvalue weighted by Gasteiger charge is -2.17. The van der Waals surface area contributed by atoms with Crippen molar-refractivity contribution in [2.45, 2.75) is 0 Å². The number of aromatic nitrogens is 1. The van der Waals surface area contributed by atoms with Crippen LogP contribution in [0.5, 0.6) is 5.88 Å². The lowest BCUT2D eigenvalue weighted by molar-refractivity contribution is 0.264. The van der Waals surface area contributed by atoms with Gasteiger partial charge in [0.1, 0.15) is 0 Å². The molecule has 0 unspecified atom stereocenters. The van der Waals surface area contributed by atoms with Crippen LogP contribution in [0.4, 0.5) is 13.2 Å². The maximum atomic E-state index is 13.1. The van der Waals surface area contributed by atoms with Gasteiger partial charge in [-0.2, -0.15) is 9.37 Å². The summed E-state index contributed by atoms with van der Waals surface area (Å²) in [5.41, 5.74) is 0. The van der Waals surface area contributed by atoms with Crippen molar-refractivity contribution < 1.29 is 26.7 Å². The molecule has 0 spiro atoms. The van der Waals surface area contributed by atoms with Gasteiger partial charge in [-0.3, -0.25) is 0 Å². The van der Waals surface area contributed by atoms with Gasteiger partial charge in [-0.1, -0.05) is 0 Å². The van der Waals surface area contributed by atoms with Crippen molar-refractivity contribution >= 4 is 18.5 Å². The van der Waals surface area contributed by atoms with Gasteiger partial charge in [-0.25, -0.2) is 8.78 Å². The molecule has 0 atom stereocenters. The second-order valence-electron chi connectivity index (χ2n) is 2.45. The van der Waals surface area contributed by atoms with Gasteiger partial charge >= 0.3 is 6.72 Å². The molecule has 4 nitrogen and oxygen atoms in total. The summed E-state index contributed by atoms with van der Waals surface area (Å²) in [7, 11) is 2.37. The third kappa shape index (κ3) is 2.91. The first kappa shape index (κ1) is 13.4. The minimum atomic E-state index is -3.22. The van der Waals surface area contributed by atoms with Gasteiger partial charge in [0, 0.05) is 32.1 Å². The van der Waals surface area contributed by atoms with Gasteiger partial charge < -0.3 is 13.6 Å². The summed E-state index contributed by atoms with van der Waals surface area (Å²) >= 11 is 4.74. The average Bonchev–Trinajstić information content (AvgIpc) is 2.25. The van der Waals surface area contributed by atoms with Gasteiger partial charge in [0.2, 0.25) is 0 Å². The molecule has 0 fully saturated rings. The highest BCUT2D eigenvalue weighted by Gasteiger charge is 2.23. The molecule has 0 aliphatic carbocycles. The molecular weight excluding hydrogens is 266 g/mol. The number of hydrogen-bond acceptors (Lipinski definition) is 5. The van der Waals surface area contributed by atoms with Crippen molar-refractivity contribution in [1.29, 1.82) is 0 Å². The molecule has 0 aliphatic rings. The molecule has 0 aromatic carbocycles. The average molecular weight is 273 g/mol. The van der Waals surface area contributed by atoms with Crippen LogP contribution in [0.3, 0.4) is 0 Å². The Morgan fingerprint density at radius 3 is 2.25 bits per heavy atom. The fraction of sp³-hybridized carbons (Fsp3) is 0.286. The fourth-order valence-corrected chi connectivity index (χ4v) is 1.60. The summed E-state index contributed by atoms with van der Waals surface area (Å²) in [5.74, 6) is -4.91. The van der Waals surface area contributed by atoms with Crippen LogP contribution < -0.4 is 4.52 Å². The van der Waals surface area contributed by atoms with E-state index in [4.69, 9.17) is 16.3 Å². The zero-order valence-corrected chi connectivity index (χ0v) is 9.95. The second-order valence-corrected chi connectivity index (χ2v) is 5.60. The normalized spacial score (nSPS) is 11.6. The van der Waals surface area contributed by atoms with E-state index < -0.39 is 30.2 Å². The number of halogens is 3. The largest absolute Gasteiger partial charge is 0.402 e. The quantitative estimate of drug-likeness (QED) is 0.622. The van der Waals surface area contributed by atoms with E-state index in [1.165, 1.54) is 14.2 Å². The first-order chi connectivity index (χ1) is 7.41. The van der Waals surface area contributed by atoms with E-state index in [1.807, 2.05) is 0 Å². The van der Waals surface area contributed by atoms with Crippen LogP contribution in [0.2, 0.25) is 0 Å². The smallest absolute Gasteiger partial charge is 0.381 e. The zero-order chi connectivity index (χ0) is 12.3. The molecule has 0 saturated heterocycles. The molecule has 0 N–H and O–H groups in total. The SMILES string of the molecule is COP(=S)(OC)Oc1nc(F)c(F)cc1F. The van der Waals surface area contributed by atoms with Crippen LogP contribution >= 0.6 is 6.72 Å². The maximum Gasteiger partial charge on any atom is 0.381 e. The van der Waals surface area contributed by atoms with E-state index in [1.54, 1.807) is 0 Å². The van der Waals surface area contributed by atoms with Gasteiger partial charge in [-0.15, -0.1) is 0 Å². The van der Waals surface area contributed by atoms with Crippen molar-refractivity contribution in [3.8, 4) is 5.88 Å². The minimum Gasteiger partial charge on any atom is -0.402 e. The van der Waals surface area contributed by atoms with Crippen molar-refractivity contribution in [3.63, 3.8) is 0 Å². The van der Waals surface area contributed by atoms with E-state index in [2.05, 4.69) is 14.0 Å². The second kappa shape index (κ2) is 5.09. The van der Waals surface area contributed by atoms with Crippen LogP contribution in [0, 0.1) is 17.6 Å². The molecule has 1 aromatic heterocycles. The third-order valence-electron chi connectivity index (χ3n) is 1.50. The number of rotatable bonds is 4. The van der Waals surface area contributed by atoms with Crippen molar-refractivity contribution in [1.82, 2.24) is 4.98 Å². The van der Waals surface area contributed by atoms with Gasteiger partial charge in [-0.05, 0) is 0 Å². The summed E-state index contributed by atoms with van der Waals surface area (Å²) in [6, 6.07) is 0.294. The summed E-state index contributed by atoms with van der Waals surface area (Å²) in [5, 5.41) is 0. The lowest BCUT2D eigenvalue weighted by Crippen LogP contribution is -2.03. The van der Waals surface area contributed by atoms with Crippen LogP contribution in [0.25, 0.3) is 0 Å². The van der Waals surface area contributed by atoms with Gasteiger partial charge in [0.05, 0.1) is 0 Å². The lowest BCUT2D eigenvalue weighted by atomic mass is 10.4. The van der Waals surface area contributed by atoms with Crippen LogP contribution in [0.15, 0.2) is 6.07 Å². The Morgan fingerprint density at radius 1 is 1.19 bits per heavy atom. The standard InChI is InChI=1S/C7H7F3NO3PS/c1-12-15(16,13-2)14-7-5(9)3-4(8)6(10)11-7/h3H,1-2H3. The summed E-state index contributed by atoms with van der Waals surface area (Å²) < 4.78 is 52.5. The molecule has 0 amide bonds. The topological polar surface area (TPSA) is 40.6 Å². The molecule has 0 saturated carbocycles. The maximum absolute atomic E-state index is 13.1. The molecule has 1 rings (SSSR count). The molecule has 9 heteroatoms. The predicted molar refractivity (Wildman–Crippen MR) is 53.0 cm³/mol. The molecule has 0 radical (unpaired) electrons. The highest BCUT2D eigenvalue weighted by atomic mass is 32.5. The van der Waals surface area contributed by atoms with E-state index in [0.29, 0.717) is 6.07 Å².